The standard InChI is InChI=1S/C48H95NO8/c1-7-11-21-29-44(30-22-12-8-2)35-40-55-47(50)53-38-27-19-16-15-17-25-33-46(57-43-52-42-37-49(5)6)34-26-18-20-28-39-54-48(51)56-41-36-45(31-23-13-9-3)32-24-14-10-4/h44-46H,7-43H2,1-6H3. The van der Waals surface area contributed by atoms with Crippen LogP contribution in [0.15, 0.2) is 0 Å². The Kier molecular flexibility index (Phi) is 42.8. The number of hydrogen-bond donors (Lipinski definition) is 0. The van der Waals surface area contributed by atoms with Crippen LogP contribution in [0.5, 0.6) is 0 Å². The second kappa shape index (κ2) is 44.0. The zero-order valence-electron chi connectivity index (χ0n) is 38.6. The molecule has 57 heavy (non-hydrogen) atoms. The molecule has 0 aliphatic carbocycles. The van der Waals surface area contributed by atoms with Gasteiger partial charge in [0, 0.05) is 6.54 Å². The molecule has 340 valence electrons. The van der Waals surface area contributed by atoms with E-state index >= 15 is 0 Å². The predicted octanol–water partition coefficient (Wildman–Crippen LogP) is 14.2. The third kappa shape index (κ3) is 41.0. The Labute approximate surface area is 353 Å². The van der Waals surface area contributed by atoms with Crippen LogP contribution in [0.2, 0.25) is 0 Å². The van der Waals surface area contributed by atoms with Crippen molar-refractivity contribution in [2.24, 2.45) is 11.8 Å². The Morgan fingerprint density at radius 3 is 1.14 bits per heavy atom. The van der Waals surface area contributed by atoms with Crippen LogP contribution < -0.4 is 0 Å². The van der Waals surface area contributed by atoms with Crippen LogP contribution >= 0.6 is 0 Å². The van der Waals surface area contributed by atoms with E-state index in [9.17, 15) is 9.59 Å². The van der Waals surface area contributed by atoms with Crippen molar-refractivity contribution in [2.75, 3.05) is 60.5 Å². The highest BCUT2D eigenvalue weighted by atomic mass is 16.7. The fourth-order valence-corrected chi connectivity index (χ4v) is 7.38. The Morgan fingerprint density at radius 2 is 0.754 bits per heavy atom. The lowest BCUT2D eigenvalue weighted by molar-refractivity contribution is -0.0961. The molecule has 1 atom stereocenters. The molecule has 0 saturated heterocycles. The molecule has 0 amide bonds. The van der Waals surface area contributed by atoms with Crippen LogP contribution in [-0.2, 0) is 28.4 Å². The van der Waals surface area contributed by atoms with Crippen molar-refractivity contribution in [3.63, 3.8) is 0 Å². The molecule has 1 unspecified atom stereocenters. The van der Waals surface area contributed by atoms with Crippen LogP contribution in [-0.4, -0.2) is 83.8 Å². The van der Waals surface area contributed by atoms with E-state index in [1.54, 1.807) is 0 Å². The topological polar surface area (TPSA) is 92.8 Å². The molecular formula is C48H95NO8. The van der Waals surface area contributed by atoms with Gasteiger partial charge in [-0.3, -0.25) is 0 Å². The smallest absolute Gasteiger partial charge is 0.434 e. The SMILES string of the molecule is CCCCCC(CCCCC)CCOC(=O)OCCCCCCCCC(CCCCCCOC(=O)OCCC(CCCCC)CCCCC)OCOCCN(C)C. The lowest BCUT2D eigenvalue weighted by Crippen LogP contribution is -2.21. The van der Waals surface area contributed by atoms with Crippen LogP contribution in [0.1, 0.15) is 220 Å². The summed E-state index contributed by atoms with van der Waals surface area (Å²) in [4.78, 5) is 26.4. The summed E-state index contributed by atoms with van der Waals surface area (Å²) < 4.78 is 33.5. The zero-order chi connectivity index (χ0) is 41.9. The minimum Gasteiger partial charge on any atom is -0.434 e. The van der Waals surface area contributed by atoms with E-state index in [0.29, 0.717) is 51.7 Å². The van der Waals surface area contributed by atoms with Crippen LogP contribution in [0.3, 0.4) is 0 Å². The van der Waals surface area contributed by atoms with Gasteiger partial charge in [0.05, 0.1) is 39.1 Å². The number of rotatable bonds is 44. The van der Waals surface area contributed by atoms with Crippen molar-refractivity contribution in [3.05, 3.63) is 0 Å². The Balaban J connectivity index is 4.17. The maximum absolute atomic E-state index is 12.2. The summed E-state index contributed by atoms with van der Waals surface area (Å²) in [7, 11) is 4.09. The Hall–Kier alpha value is -1.58. The second-order valence-electron chi connectivity index (χ2n) is 16.9. The molecule has 0 aromatic rings. The monoisotopic (exact) mass is 814 g/mol. The van der Waals surface area contributed by atoms with E-state index in [1.165, 1.54) is 116 Å². The predicted molar refractivity (Wildman–Crippen MR) is 237 cm³/mol. The Bertz CT molecular complexity index is 823. The molecule has 0 saturated carbocycles. The largest absolute Gasteiger partial charge is 0.508 e. The number of carbonyl (C=O) groups is 2. The summed E-state index contributed by atoms with van der Waals surface area (Å²) in [6.07, 6.45) is 33.9. The van der Waals surface area contributed by atoms with E-state index < -0.39 is 12.3 Å². The molecule has 0 N–H and O–H groups in total. The minimum atomic E-state index is -0.517. The van der Waals surface area contributed by atoms with Crippen molar-refractivity contribution < 1.29 is 38.0 Å². The highest BCUT2D eigenvalue weighted by molar-refractivity contribution is 5.60. The number of unbranched alkanes of at least 4 members (excludes halogenated alkanes) is 16. The number of nitrogens with zero attached hydrogens (tertiary/aromatic N) is 1. The molecule has 0 heterocycles. The molecule has 0 spiro atoms. The number of carbonyl (C=O) groups excluding carboxylic acids is 2. The summed E-state index contributed by atoms with van der Waals surface area (Å²) in [5.74, 6) is 1.30. The van der Waals surface area contributed by atoms with Gasteiger partial charge in [-0.05, 0) is 64.5 Å². The zero-order valence-corrected chi connectivity index (χ0v) is 38.6. The third-order valence-electron chi connectivity index (χ3n) is 11.2. The van der Waals surface area contributed by atoms with Gasteiger partial charge in [-0.15, -0.1) is 0 Å². The average molecular weight is 814 g/mol. The van der Waals surface area contributed by atoms with Gasteiger partial charge in [-0.2, -0.15) is 0 Å². The lowest BCUT2D eigenvalue weighted by Gasteiger charge is -2.19. The summed E-state index contributed by atoms with van der Waals surface area (Å²) in [5, 5.41) is 0. The van der Waals surface area contributed by atoms with Gasteiger partial charge in [0.1, 0.15) is 6.79 Å². The lowest BCUT2D eigenvalue weighted by atomic mass is 9.92. The summed E-state index contributed by atoms with van der Waals surface area (Å²) in [6.45, 7) is 12.7. The molecule has 9 heteroatoms. The minimum absolute atomic E-state index is 0.200. The molecular weight excluding hydrogens is 719 g/mol. The first kappa shape index (κ1) is 55.4. The van der Waals surface area contributed by atoms with Crippen molar-refractivity contribution >= 4 is 12.3 Å². The molecule has 0 fully saturated rings. The van der Waals surface area contributed by atoms with Crippen LogP contribution in [0, 0.1) is 11.8 Å². The highest BCUT2D eigenvalue weighted by Crippen LogP contribution is 2.23. The van der Waals surface area contributed by atoms with Gasteiger partial charge in [0.15, 0.2) is 0 Å². The molecule has 0 aliphatic heterocycles. The molecule has 0 aromatic heterocycles. The van der Waals surface area contributed by atoms with Gasteiger partial charge in [0.25, 0.3) is 0 Å². The molecule has 0 aromatic carbocycles. The van der Waals surface area contributed by atoms with E-state index in [-0.39, 0.29) is 6.10 Å². The first-order chi connectivity index (χ1) is 27.9. The Morgan fingerprint density at radius 1 is 0.404 bits per heavy atom. The normalized spacial score (nSPS) is 12.2. The molecule has 0 bridgehead atoms. The van der Waals surface area contributed by atoms with Crippen molar-refractivity contribution in [2.45, 2.75) is 226 Å². The number of likely N-dealkylation sites (N-methyl/N-ethyl adjacent to an activating group) is 1. The number of hydrogen-bond acceptors (Lipinski definition) is 9. The molecule has 0 rings (SSSR count). The summed E-state index contributed by atoms with van der Waals surface area (Å²) in [6, 6.07) is 0. The van der Waals surface area contributed by atoms with Crippen molar-refractivity contribution in [1.82, 2.24) is 4.90 Å². The average Bonchev–Trinajstić information content (AvgIpc) is 3.19. The maximum Gasteiger partial charge on any atom is 0.508 e. The molecule has 9 nitrogen and oxygen atoms in total. The molecule has 0 radical (unpaired) electrons. The van der Waals surface area contributed by atoms with E-state index in [2.05, 4.69) is 32.6 Å². The first-order valence-corrected chi connectivity index (χ1v) is 24.3. The maximum atomic E-state index is 12.2. The van der Waals surface area contributed by atoms with Gasteiger partial charge < -0.3 is 33.3 Å². The molecule has 0 aliphatic rings. The van der Waals surface area contributed by atoms with E-state index in [0.717, 1.165) is 83.6 Å². The van der Waals surface area contributed by atoms with Crippen molar-refractivity contribution in [1.29, 1.82) is 0 Å². The highest BCUT2D eigenvalue weighted by Gasteiger charge is 2.13. The van der Waals surface area contributed by atoms with Crippen LogP contribution in [0.25, 0.3) is 0 Å². The third-order valence-corrected chi connectivity index (χ3v) is 11.2. The van der Waals surface area contributed by atoms with Gasteiger partial charge in [-0.1, -0.05) is 182 Å². The van der Waals surface area contributed by atoms with Gasteiger partial charge in [-0.25, -0.2) is 9.59 Å². The first-order valence-electron chi connectivity index (χ1n) is 24.3. The summed E-state index contributed by atoms with van der Waals surface area (Å²) in [5.41, 5.74) is 0. The second-order valence-corrected chi connectivity index (χ2v) is 16.9. The van der Waals surface area contributed by atoms with E-state index in [1.807, 2.05) is 14.1 Å². The quantitative estimate of drug-likeness (QED) is 0.0339. The number of ether oxygens (including phenoxy) is 6. The fourth-order valence-electron chi connectivity index (χ4n) is 7.38. The van der Waals surface area contributed by atoms with Gasteiger partial charge >= 0.3 is 12.3 Å². The summed E-state index contributed by atoms with van der Waals surface area (Å²) >= 11 is 0. The van der Waals surface area contributed by atoms with Crippen molar-refractivity contribution in [3.8, 4) is 0 Å². The van der Waals surface area contributed by atoms with Crippen LogP contribution in [0.4, 0.5) is 9.59 Å². The fraction of sp³-hybridized carbons (Fsp3) is 0.958. The van der Waals surface area contributed by atoms with Gasteiger partial charge in [0.2, 0.25) is 0 Å². The van der Waals surface area contributed by atoms with E-state index in [4.69, 9.17) is 28.4 Å².